The summed E-state index contributed by atoms with van der Waals surface area (Å²) in [6, 6.07) is 6.39. The summed E-state index contributed by atoms with van der Waals surface area (Å²) in [5, 5.41) is 23.3. The number of hydrogen-bond donors (Lipinski definition) is 7. The molecule has 2 heterocycles. The van der Waals surface area contributed by atoms with Crippen LogP contribution in [-0.4, -0.2) is 49.4 Å². The predicted molar refractivity (Wildman–Crippen MR) is 143 cm³/mol. The van der Waals surface area contributed by atoms with Crippen molar-refractivity contribution in [2.24, 2.45) is 11.5 Å². The number of nitrogens with one attached hydrogen (secondary N) is 4. The first kappa shape index (κ1) is 29.1. The normalized spacial score (nSPS) is 12.3. The Labute approximate surface area is 224 Å². The second kappa shape index (κ2) is 12.8. The molecule has 0 aliphatic rings. The molecule has 0 saturated heterocycles. The molecular weight excluding hydrogens is 534 g/mol. The summed E-state index contributed by atoms with van der Waals surface area (Å²) in [4.78, 5) is 24.4. The zero-order chi connectivity index (χ0) is 27.9. The highest BCUT2D eigenvalue weighted by atomic mass is 32.2. The van der Waals surface area contributed by atoms with Crippen molar-refractivity contribution in [3.63, 3.8) is 0 Å². The molecule has 0 aliphatic heterocycles. The molecule has 38 heavy (non-hydrogen) atoms. The van der Waals surface area contributed by atoms with Crippen molar-refractivity contribution in [2.75, 3.05) is 16.6 Å². The predicted octanol–water partition coefficient (Wildman–Crippen LogP) is 1.52. The van der Waals surface area contributed by atoms with E-state index < -0.39 is 34.2 Å². The number of thiophene rings is 1. The van der Waals surface area contributed by atoms with Crippen molar-refractivity contribution >= 4 is 44.6 Å². The van der Waals surface area contributed by atoms with Crippen molar-refractivity contribution in [1.82, 2.24) is 15.8 Å². The lowest BCUT2D eigenvalue weighted by molar-refractivity contribution is -0.139. The molecule has 1 atom stereocenters. The zero-order valence-electron chi connectivity index (χ0n) is 20.9. The maximum absolute atomic E-state index is 13.0. The van der Waals surface area contributed by atoms with Gasteiger partial charge in [-0.3, -0.25) is 14.8 Å². The number of rotatable bonds is 14. The lowest BCUT2D eigenvalue weighted by atomic mass is 10.1. The summed E-state index contributed by atoms with van der Waals surface area (Å²) in [5.41, 5.74) is 13.2. The van der Waals surface area contributed by atoms with Crippen LogP contribution < -0.4 is 32.1 Å². The van der Waals surface area contributed by atoms with E-state index in [1.807, 2.05) is 13.8 Å². The van der Waals surface area contributed by atoms with Gasteiger partial charge in [0.25, 0.3) is 15.9 Å². The fourth-order valence-electron chi connectivity index (χ4n) is 3.52. The second-order valence-corrected chi connectivity index (χ2v) is 11.0. The molecular formula is C23H31N7O6S2. The summed E-state index contributed by atoms with van der Waals surface area (Å²) < 4.78 is 33.5. The molecule has 9 N–H and O–H groups in total. The van der Waals surface area contributed by atoms with Crippen LogP contribution in [0.25, 0.3) is 0 Å². The van der Waals surface area contributed by atoms with E-state index in [1.54, 1.807) is 12.1 Å². The van der Waals surface area contributed by atoms with Crippen molar-refractivity contribution < 1.29 is 27.6 Å². The average Bonchev–Trinajstić information content (AvgIpc) is 3.44. The molecule has 0 fully saturated rings. The topological polar surface area (TPSA) is 215 Å². The highest BCUT2D eigenvalue weighted by molar-refractivity contribution is 7.92. The molecule has 15 heteroatoms. The number of benzene rings is 1. The fourth-order valence-corrected chi connectivity index (χ4v) is 5.41. The molecule has 3 rings (SSSR count). The van der Waals surface area contributed by atoms with E-state index in [0.717, 1.165) is 22.6 Å². The van der Waals surface area contributed by atoms with Gasteiger partial charge in [-0.25, -0.2) is 13.2 Å². The van der Waals surface area contributed by atoms with Crippen molar-refractivity contribution in [1.29, 1.82) is 0 Å². The number of aliphatic carboxylic acids is 1. The average molecular weight is 566 g/mol. The Morgan fingerprint density at radius 3 is 2.47 bits per heavy atom. The largest absolute Gasteiger partial charge is 0.480 e. The van der Waals surface area contributed by atoms with Gasteiger partial charge in [0, 0.05) is 17.8 Å². The van der Waals surface area contributed by atoms with Gasteiger partial charge in [0.2, 0.25) is 0 Å². The number of hydrogen-bond acceptors (Lipinski definition) is 11. The number of sulfonamides is 1. The minimum absolute atomic E-state index is 0.00743. The lowest BCUT2D eigenvalue weighted by Crippen LogP contribution is -2.46. The van der Waals surface area contributed by atoms with Crippen LogP contribution in [0.5, 0.6) is 0 Å². The monoisotopic (exact) mass is 565 g/mol. The Balaban J connectivity index is 1.63. The fraction of sp³-hybridized carbons (Fsp3) is 0.348. The Morgan fingerprint density at radius 1 is 1.16 bits per heavy atom. The SMILES string of the molecule is Cc1noc(C)c1CNc1ccc(S(=O)(=O)Nc2ccsc2C(=O)N[C@@H](CCCNC(N)N)C(=O)O)cc1. The van der Waals surface area contributed by atoms with E-state index in [9.17, 15) is 23.1 Å². The van der Waals surface area contributed by atoms with Gasteiger partial charge in [-0.1, -0.05) is 5.16 Å². The zero-order valence-corrected chi connectivity index (χ0v) is 22.5. The number of carboxylic acids is 1. The quantitative estimate of drug-likeness (QED) is 0.110. The third-order valence-corrected chi connectivity index (χ3v) is 7.88. The number of carbonyl (C=O) groups is 2. The molecule has 0 radical (unpaired) electrons. The summed E-state index contributed by atoms with van der Waals surface area (Å²) in [6.45, 7) is 4.49. The lowest BCUT2D eigenvalue weighted by Gasteiger charge is -2.16. The summed E-state index contributed by atoms with van der Waals surface area (Å²) in [6.07, 6.45) is -0.200. The Morgan fingerprint density at radius 2 is 1.87 bits per heavy atom. The van der Waals surface area contributed by atoms with Gasteiger partial charge >= 0.3 is 5.97 Å². The van der Waals surface area contributed by atoms with Crippen LogP contribution in [0.1, 0.15) is 39.5 Å². The summed E-state index contributed by atoms with van der Waals surface area (Å²) in [7, 11) is -4.02. The standard InChI is InChI=1S/C23H31N7O6S2/c1-13-17(14(2)36-29-13)12-27-15-5-7-16(8-6-15)38(34,35)30-18-9-11-37-20(18)21(31)28-19(22(32)33)4-3-10-26-23(24)25/h5-9,11,19,23,26-27,30H,3-4,10,12,24-25H2,1-2H3,(H,28,31)(H,32,33)/t19-/m0/s1. The molecule has 3 aromatic rings. The van der Waals surface area contributed by atoms with Crippen molar-refractivity contribution in [2.45, 2.75) is 50.5 Å². The van der Waals surface area contributed by atoms with Gasteiger partial charge in [-0.05, 0) is 68.9 Å². The van der Waals surface area contributed by atoms with Gasteiger partial charge in [-0.2, -0.15) is 0 Å². The van der Waals surface area contributed by atoms with Crippen LogP contribution in [0.4, 0.5) is 11.4 Å². The van der Waals surface area contributed by atoms with Crippen LogP contribution in [0, 0.1) is 13.8 Å². The Bertz CT molecular complexity index is 1330. The molecule has 0 bridgehead atoms. The van der Waals surface area contributed by atoms with Gasteiger partial charge in [0.15, 0.2) is 0 Å². The summed E-state index contributed by atoms with van der Waals surface area (Å²) in [5.74, 6) is -1.21. The number of aromatic nitrogens is 1. The molecule has 0 saturated carbocycles. The maximum Gasteiger partial charge on any atom is 0.326 e. The molecule has 1 amide bonds. The first-order valence-corrected chi connectivity index (χ1v) is 14.0. The summed E-state index contributed by atoms with van der Waals surface area (Å²) >= 11 is 0.989. The second-order valence-electron chi connectivity index (χ2n) is 8.44. The first-order valence-electron chi connectivity index (χ1n) is 11.6. The highest BCUT2D eigenvalue weighted by Crippen LogP contribution is 2.26. The van der Waals surface area contributed by atoms with E-state index in [0.29, 0.717) is 31.0 Å². The van der Waals surface area contributed by atoms with Crippen LogP contribution in [0.15, 0.2) is 45.1 Å². The smallest absolute Gasteiger partial charge is 0.326 e. The molecule has 0 aliphatic carbocycles. The molecule has 1 aromatic carbocycles. The van der Waals surface area contributed by atoms with Gasteiger partial charge in [0.1, 0.15) is 23.0 Å². The van der Waals surface area contributed by atoms with Crippen LogP contribution in [0.3, 0.4) is 0 Å². The number of aryl methyl sites for hydroxylation is 2. The van der Waals surface area contributed by atoms with Gasteiger partial charge in [-0.15, -0.1) is 11.3 Å². The maximum atomic E-state index is 13.0. The molecule has 2 aromatic heterocycles. The molecule has 0 spiro atoms. The number of anilines is 2. The first-order chi connectivity index (χ1) is 18.0. The third-order valence-electron chi connectivity index (χ3n) is 5.58. The van der Waals surface area contributed by atoms with E-state index >= 15 is 0 Å². The van der Waals surface area contributed by atoms with Gasteiger partial charge < -0.3 is 31.7 Å². The van der Waals surface area contributed by atoms with E-state index in [-0.39, 0.29) is 21.9 Å². The van der Waals surface area contributed by atoms with Crippen LogP contribution >= 0.6 is 11.3 Å². The number of nitrogens with zero attached hydrogens (tertiary/aromatic N) is 1. The number of carbonyl (C=O) groups excluding carboxylic acids is 1. The van der Waals surface area contributed by atoms with Crippen molar-refractivity contribution in [3.05, 3.63) is 57.6 Å². The highest BCUT2D eigenvalue weighted by Gasteiger charge is 2.24. The van der Waals surface area contributed by atoms with E-state index in [4.69, 9.17) is 16.0 Å². The van der Waals surface area contributed by atoms with Gasteiger partial charge in [0.05, 0.1) is 16.3 Å². The minimum Gasteiger partial charge on any atom is -0.480 e. The van der Waals surface area contributed by atoms with Crippen LogP contribution in [-0.2, 0) is 21.4 Å². The third kappa shape index (κ3) is 7.75. The number of nitrogens with two attached hydrogens (primary N) is 2. The molecule has 13 nitrogen and oxygen atoms in total. The van der Waals surface area contributed by atoms with E-state index in [2.05, 4.69) is 25.8 Å². The minimum atomic E-state index is -4.02. The molecule has 206 valence electrons. The number of amides is 1. The Hall–Kier alpha value is -3.50. The van der Waals surface area contributed by atoms with Crippen molar-refractivity contribution in [3.8, 4) is 0 Å². The molecule has 0 unspecified atom stereocenters. The van der Waals surface area contributed by atoms with E-state index in [1.165, 1.54) is 23.6 Å². The van der Waals surface area contributed by atoms with Crippen LogP contribution in [0.2, 0.25) is 0 Å². The number of carboxylic acid groups (broad SMARTS) is 1. The Kier molecular flexibility index (Phi) is 9.82.